The van der Waals surface area contributed by atoms with Gasteiger partial charge in [0.15, 0.2) is 12.2 Å². The normalized spacial score (nSPS) is 14.0. The molecule has 17 nitrogen and oxygen atoms in total. The number of hydrogen-bond acceptors (Lipinski definition) is 15. The van der Waals surface area contributed by atoms with E-state index in [1.165, 1.54) is 212 Å². The third-order valence-electron chi connectivity index (χ3n) is 18.6. The maximum Gasteiger partial charge on any atom is 0.472 e. The number of hydrogen-bond donors (Lipinski definition) is 3. The van der Waals surface area contributed by atoms with E-state index >= 15 is 0 Å². The van der Waals surface area contributed by atoms with Gasteiger partial charge < -0.3 is 33.8 Å². The van der Waals surface area contributed by atoms with E-state index in [0.29, 0.717) is 25.7 Å². The summed E-state index contributed by atoms with van der Waals surface area (Å²) in [4.78, 5) is 73.0. The molecule has 596 valence electrons. The van der Waals surface area contributed by atoms with Crippen LogP contribution in [0.2, 0.25) is 0 Å². The van der Waals surface area contributed by atoms with Crippen LogP contribution < -0.4 is 0 Å². The molecule has 2 unspecified atom stereocenters. The second kappa shape index (κ2) is 73.1. The third kappa shape index (κ3) is 75.6. The highest BCUT2D eigenvalue weighted by Crippen LogP contribution is 2.45. The van der Waals surface area contributed by atoms with Gasteiger partial charge in [0.1, 0.15) is 19.3 Å². The van der Waals surface area contributed by atoms with Crippen molar-refractivity contribution in [3.05, 3.63) is 24.3 Å². The maximum absolute atomic E-state index is 13.1. The molecule has 0 fully saturated rings. The first-order chi connectivity index (χ1) is 48.9. The molecule has 0 aromatic rings. The molecule has 0 aliphatic heterocycles. The summed E-state index contributed by atoms with van der Waals surface area (Å²) in [5, 5.41) is 10.6. The van der Waals surface area contributed by atoms with Gasteiger partial charge in [0.05, 0.1) is 26.4 Å². The molecule has 0 saturated heterocycles. The van der Waals surface area contributed by atoms with Crippen molar-refractivity contribution in [2.75, 3.05) is 39.6 Å². The maximum atomic E-state index is 13.1. The van der Waals surface area contributed by atoms with Crippen molar-refractivity contribution in [2.24, 2.45) is 11.8 Å². The van der Waals surface area contributed by atoms with Gasteiger partial charge in [-0.2, -0.15) is 0 Å². The molecule has 101 heavy (non-hydrogen) atoms. The highest BCUT2D eigenvalue weighted by atomic mass is 31.2. The predicted molar refractivity (Wildman–Crippen MR) is 414 cm³/mol. The van der Waals surface area contributed by atoms with E-state index in [1.807, 2.05) is 0 Å². The minimum absolute atomic E-state index is 0.0854. The number of esters is 4. The Balaban J connectivity index is 5.28. The van der Waals surface area contributed by atoms with Crippen molar-refractivity contribution in [1.29, 1.82) is 0 Å². The summed E-state index contributed by atoms with van der Waals surface area (Å²) in [7, 11) is -9.93. The number of rotatable bonds is 79. The van der Waals surface area contributed by atoms with Crippen LogP contribution in [0.4, 0.5) is 0 Å². The van der Waals surface area contributed by atoms with Crippen LogP contribution in [0, 0.1) is 11.8 Å². The zero-order valence-electron chi connectivity index (χ0n) is 65.7. The molecule has 0 saturated carbocycles. The smallest absolute Gasteiger partial charge is 0.462 e. The fraction of sp³-hybridized carbons (Fsp3) is 0.902. The topological polar surface area (TPSA) is 237 Å². The molecule has 0 spiro atoms. The van der Waals surface area contributed by atoms with Gasteiger partial charge in [-0.1, -0.05) is 355 Å². The standard InChI is InChI=1S/C82H156O17P2/c1-7-9-11-13-15-17-19-20-23-29-36-42-48-54-60-66-81(86)98-77(70-92-79(84)64-58-52-46-40-32-18-16-14-12-10-8-2)72-96-100(88,89)94-68-76(83)69-95-101(90,91)97-73-78(71-93-80(85)65-59-53-47-41-35-31-26-28-34-39-45-51-57-63-75(5)6)99-82(87)67-61-55-49-43-37-30-25-22-21-24-27-33-38-44-50-56-62-74(3)4/h17,19-20,23,74-78,83H,7-16,18,21-22,24-73H2,1-6H3,(H,88,89)(H,90,91)/b19-17-,23-20-/t76-,77+,78+/m0/s1. The highest BCUT2D eigenvalue weighted by Gasteiger charge is 2.30. The van der Waals surface area contributed by atoms with Gasteiger partial charge in [-0.25, -0.2) is 9.13 Å². The van der Waals surface area contributed by atoms with Crippen molar-refractivity contribution in [3.63, 3.8) is 0 Å². The quantitative estimate of drug-likeness (QED) is 0.0169. The fourth-order valence-corrected chi connectivity index (χ4v) is 13.8. The van der Waals surface area contributed by atoms with Crippen LogP contribution in [0.15, 0.2) is 24.3 Å². The van der Waals surface area contributed by atoms with E-state index in [9.17, 15) is 43.2 Å². The second-order valence-electron chi connectivity index (χ2n) is 29.8. The average molecular weight is 1480 g/mol. The van der Waals surface area contributed by atoms with E-state index in [4.69, 9.17) is 37.0 Å². The summed E-state index contributed by atoms with van der Waals surface area (Å²) in [5.41, 5.74) is 0. The SMILES string of the molecule is CCCCCC/C=C\C=C/CCCCCCCC(=O)O[C@H](COC(=O)CCCCCCCCCCCCC)COP(=O)(O)OC[C@H](O)COP(=O)(O)OC[C@@H](COC(=O)CCCCCCCCCCCCCCCC(C)C)OC(=O)CCCCCCCCCCCCCCCCCCC(C)C. The van der Waals surface area contributed by atoms with Crippen molar-refractivity contribution in [1.82, 2.24) is 0 Å². The Labute approximate surface area is 618 Å². The fourth-order valence-electron chi connectivity index (χ4n) is 12.2. The number of ether oxygens (including phenoxy) is 4. The summed E-state index contributed by atoms with van der Waals surface area (Å²) in [6.45, 7) is 9.62. The monoisotopic (exact) mass is 1480 g/mol. The summed E-state index contributed by atoms with van der Waals surface area (Å²) >= 11 is 0. The number of aliphatic hydroxyl groups is 1. The molecule has 3 N–H and O–H groups in total. The number of allylic oxidation sites excluding steroid dienone is 4. The molecule has 19 heteroatoms. The van der Waals surface area contributed by atoms with E-state index < -0.39 is 97.5 Å². The van der Waals surface area contributed by atoms with Gasteiger partial charge >= 0.3 is 39.5 Å². The zero-order chi connectivity index (χ0) is 74.2. The van der Waals surface area contributed by atoms with Gasteiger partial charge in [-0.05, 0) is 63.2 Å². The molecular weight excluding hydrogens is 1320 g/mol. The summed E-state index contributed by atoms with van der Waals surface area (Å²) < 4.78 is 68.7. The van der Waals surface area contributed by atoms with E-state index in [-0.39, 0.29) is 25.7 Å². The summed E-state index contributed by atoms with van der Waals surface area (Å²) in [5.74, 6) is -0.539. The zero-order valence-corrected chi connectivity index (χ0v) is 67.5. The van der Waals surface area contributed by atoms with Gasteiger partial charge in [-0.3, -0.25) is 37.3 Å². The van der Waals surface area contributed by atoms with Crippen LogP contribution >= 0.6 is 15.6 Å². The van der Waals surface area contributed by atoms with Crippen LogP contribution in [0.5, 0.6) is 0 Å². The Bertz CT molecular complexity index is 2040. The second-order valence-corrected chi connectivity index (χ2v) is 32.7. The van der Waals surface area contributed by atoms with E-state index in [0.717, 1.165) is 115 Å². The average Bonchev–Trinajstić information content (AvgIpc) is 1.11. The largest absolute Gasteiger partial charge is 0.472 e. The molecule has 0 heterocycles. The Morgan fingerprint density at radius 1 is 0.307 bits per heavy atom. The van der Waals surface area contributed by atoms with Gasteiger partial charge in [-0.15, -0.1) is 0 Å². The van der Waals surface area contributed by atoms with Crippen LogP contribution in [0.1, 0.15) is 408 Å². The number of unbranched alkanes of at least 4 members (excludes halogenated alkanes) is 46. The number of carbonyl (C=O) groups excluding carboxylic acids is 4. The lowest BCUT2D eigenvalue weighted by atomic mass is 10.0. The van der Waals surface area contributed by atoms with Gasteiger partial charge in [0.2, 0.25) is 0 Å². The predicted octanol–water partition coefficient (Wildman–Crippen LogP) is 24.2. The molecule has 0 bridgehead atoms. The molecular formula is C82H156O17P2. The third-order valence-corrected chi connectivity index (χ3v) is 20.5. The molecule has 0 aliphatic rings. The molecule has 0 rings (SSSR count). The minimum atomic E-state index is -4.97. The molecule has 0 aromatic heterocycles. The Hall–Kier alpha value is -2.46. The molecule has 0 aliphatic carbocycles. The van der Waals surface area contributed by atoms with Crippen molar-refractivity contribution in [2.45, 2.75) is 426 Å². The van der Waals surface area contributed by atoms with Gasteiger partial charge in [0, 0.05) is 25.7 Å². The summed E-state index contributed by atoms with van der Waals surface area (Å²) in [6.07, 6.45) is 65.9. The van der Waals surface area contributed by atoms with Crippen LogP contribution in [0.3, 0.4) is 0 Å². The van der Waals surface area contributed by atoms with Crippen LogP contribution in [-0.2, 0) is 65.4 Å². The highest BCUT2D eigenvalue weighted by molar-refractivity contribution is 7.47. The first kappa shape index (κ1) is 98.5. The lowest BCUT2D eigenvalue weighted by Crippen LogP contribution is -2.30. The number of aliphatic hydroxyl groups excluding tert-OH is 1. The molecule has 5 atom stereocenters. The minimum Gasteiger partial charge on any atom is -0.462 e. The lowest BCUT2D eigenvalue weighted by molar-refractivity contribution is -0.161. The molecule has 0 amide bonds. The Morgan fingerprint density at radius 3 is 0.812 bits per heavy atom. The Kier molecular flexibility index (Phi) is 71.3. The summed E-state index contributed by atoms with van der Waals surface area (Å²) in [6, 6.07) is 0. The first-order valence-electron chi connectivity index (χ1n) is 41.8. The number of phosphoric ester groups is 2. The van der Waals surface area contributed by atoms with Crippen LogP contribution in [0.25, 0.3) is 0 Å². The first-order valence-corrected chi connectivity index (χ1v) is 44.8. The van der Waals surface area contributed by atoms with E-state index in [1.54, 1.807) is 0 Å². The van der Waals surface area contributed by atoms with E-state index in [2.05, 4.69) is 65.8 Å². The number of phosphoric acid groups is 2. The molecule has 0 aromatic carbocycles. The lowest BCUT2D eigenvalue weighted by Gasteiger charge is -2.21. The van der Waals surface area contributed by atoms with Crippen molar-refractivity contribution < 1.29 is 80.2 Å². The Morgan fingerprint density at radius 2 is 0.535 bits per heavy atom. The van der Waals surface area contributed by atoms with Crippen molar-refractivity contribution >= 4 is 39.5 Å². The molecule has 0 radical (unpaired) electrons. The van der Waals surface area contributed by atoms with Crippen molar-refractivity contribution in [3.8, 4) is 0 Å². The number of carbonyl (C=O) groups is 4. The van der Waals surface area contributed by atoms with Crippen LogP contribution in [-0.4, -0.2) is 96.7 Å². The van der Waals surface area contributed by atoms with Gasteiger partial charge in [0.25, 0.3) is 0 Å².